The smallest absolute Gasteiger partial charge is 0.356 e. The Morgan fingerprint density at radius 2 is 1.67 bits per heavy atom. The maximum Gasteiger partial charge on any atom is 0.356 e. The van der Waals surface area contributed by atoms with E-state index in [1.807, 2.05) is 0 Å². The molecule has 0 saturated carbocycles. The fourth-order valence-electron chi connectivity index (χ4n) is 2.44. The van der Waals surface area contributed by atoms with Crippen LogP contribution in [0, 0.1) is 0 Å². The molecule has 8 heteroatoms. The summed E-state index contributed by atoms with van der Waals surface area (Å²) in [5, 5.41) is 1.47. The van der Waals surface area contributed by atoms with Crippen LogP contribution in [0.2, 0.25) is 0 Å². The van der Waals surface area contributed by atoms with Crippen LogP contribution in [0.15, 0.2) is 40.8 Å². The van der Waals surface area contributed by atoms with E-state index in [1.165, 1.54) is 11.5 Å². The van der Waals surface area contributed by atoms with Gasteiger partial charge in [-0.1, -0.05) is 17.8 Å². The number of carbonyl (C=O) groups is 3. The largest absolute Gasteiger partial charge is 0.463 e. The molecule has 0 saturated heterocycles. The summed E-state index contributed by atoms with van der Waals surface area (Å²) in [6.07, 6.45) is 2.91. The molecular weight excluding hydrogens is 370 g/mol. The molecule has 0 amide bonds. The van der Waals surface area contributed by atoms with Crippen molar-refractivity contribution in [3.05, 3.63) is 47.1 Å². The second-order valence-electron chi connectivity index (χ2n) is 5.12. The molecule has 2 aromatic rings. The van der Waals surface area contributed by atoms with Crippen LogP contribution in [0.1, 0.15) is 41.6 Å². The Bertz CT molecular complexity index is 815. The second kappa shape index (κ2) is 9.82. The summed E-state index contributed by atoms with van der Waals surface area (Å²) in [7, 11) is 0. The van der Waals surface area contributed by atoms with Gasteiger partial charge < -0.3 is 18.6 Å². The van der Waals surface area contributed by atoms with Crippen molar-refractivity contribution in [2.75, 3.05) is 19.8 Å². The molecule has 0 bridgehead atoms. The average Bonchev–Trinajstić information content (AvgIpc) is 2.96. The van der Waals surface area contributed by atoms with Gasteiger partial charge >= 0.3 is 17.9 Å². The third kappa shape index (κ3) is 4.71. The molecule has 7 nitrogen and oxygen atoms in total. The molecular formula is C19H21NO6S. The average molecular weight is 391 g/mol. The maximum atomic E-state index is 12.6. The zero-order valence-electron chi connectivity index (χ0n) is 15.4. The number of carbonyl (C=O) groups excluding carboxylic acids is 3. The Hall–Kier alpha value is -2.74. The maximum absolute atomic E-state index is 12.6. The van der Waals surface area contributed by atoms with Crippen LogP contribution in [-0.2, 0) is 19.0 Å². The van der Waals surface area contributed by atoms with E-state index in [1.54, 1.807) is 49.6 Å². The molecule has 0 radical (unpaired) electrons. The first-order valence-corrected chi connectivity index (χ1v) is 9.40. The lowest BCUT2D eigenvalue weighted by molar-refractivity contribution is -0.137. The zero-order valence-corrected chi connectivity index (χ0v) is 16.2. The quantitative estimate of drug-likeness (QED) is 0.295. The van der Waals surface area contributed by atoms with Gasteiger partial charge in [-0.05, 0) is 38.3 Å². The molecule has 27 heavy (non-hydrogen) atoms. The molecule has 0 aliphatic carbocycles. The van der Waals surface area contributed by atoms with Crippen molar-refractivity contribution in [1.29, 1.82) is 0 Å². The highest BCUT2D eigenvalue weighted by molar-refractivity contribution is 8.02. The van der Waals surface area contributed by atoms with Crippen LogP contribution < -0.4 is 0 Å². The van der Waals surface area contributed by atoms with Crippen LogP contribution in [0.3, 0.4) is 0 Å². The Balaban J connectivity index is 2.59. The van der Waals surface area contributed by atoms with E-state index in [2.05, 4.69) is 0 Å². The summed E-state index contributed by atoms with van der Waals surface area (Å²) in [5.41, 5.74) is 0.971. The van der Waals surface area contributed by atoms with E-state index in [0.29, 0.717) is 10.4 Å². The van der Waals surface area contributed by atoms with Gasteiger partial charge in [0.15, 0.2) is 0 Å². The molecule has 0 atom stereocenters. The summed E-state index contributed by atoms with van der Waals surface area (Å²) in [5.74, 6) is -1.63. The molecule has 0 unspecified atom stereocenters. The lowest BCUT2D eigenvalue weighted by Gasteiger charge is -2.05. The number of esters is 3. The molecule has 0 fully saturated rings. The van der Waals surface area contributed by atoms with E-state index < -0.39 is 17.9 Å². The monoisotopic (exact) mass is 391 g/mol. The minimum absolute atomic E-state index is 0.191. The second-order valence-corrected chi connectivity index (χ2v) is 6.04. The van der Waals surface area contributed by atoms with Gasteiger partial charge in [0, 0.05) is 12.3 Å². The predicted octanol–water partition coefficient (Wildman–Crippen LogP) is 3.46. The van der Waals surface area contributed by atoms with Crippen LogP contribution in [0.25, 0.3) is 5.52 Å². The van der Waals surface area contributed by atoms with Crippen molar-refractivity contribution in [3.8, 4) is 0 Å². The number of aromatic nitrogens is 1. The number of pyridine rings is 1. The fourth-order valence-corrected chi connectivity index (χ4v) is 3.35. The van der Waals surface area contributed by atoms with Gasteiger partial charge in [0.1, 0.15) is 5.69 Å². The number of rotatable bonds is 8. The number of hydrogen-bond acceptors (Lipinski definition) is 7. The predicted molar refractivity (Wildman–Crippen MR) is 101 cm³/mol. The van der Waals surface area contributed by atoms with Crippen molar-refractivity contribution < 1.29 is 28.6 Å². The summed E-state index contributed by atoms with van der Waals surface area (Å²) in [4.78, 5) is 37.0. The van der Waals surface area contributed by atoms with Crippen molar-refractivity contribution in [3.63, 3.8) is 0 Å². The summed E-state index contributed by atoms with van der Waals surface area (Å²) < 4.78 is 16.7. The SMILES string of the molecule is CCOC(=O)/C=C/Sc1c(C(=O)OCC)c2ccccn2c1C(=O)OCC. The zero-order chi connectivity index (χ0) is 19.8. The number of fused-ring (bicyclic) bond motifs is 1. The third-order valence-electron chi connectivity index (χ3n) is 3.42. The summed E-state index contributed by atoms with van der Waals surface area (Å²) in [6.45, 7) is 5.75. The molecule has 2 aromatic heterocycles. The lowest BCUT2D eigenvalue weighted by Crippen LogP contribution is -2.09. The molecule has 0 N–H and O–H groups in total. The Morgan fingerprint density at radius 1 is 1.00 bits per heavy atom. The summed E-state index contributed by atoms with van der Waals surface area (Å²) >= 11 is 1.06. The minimum atomic E-state index is -0.568. The van der Waals surface area contributed by atoms with Crippen molar-refractivity contribution >= 4 is 35.2 Å². The lowest BCUT2D eigenvalue weighted by atomic mass is 10.2. The van der Waals surface area contributed by atoms with E-state index >= 15 is 0 Å². The van der Waals surface area contributed by atoms with E-state index in [0.717, 1.165) is 11.8 Å². The van der Waals surface area contributed by atoms with Crippen molar-refractivity contribution in [2.24, 2.45) is 0 Å². The Kier molecular flexibility index (Phi) is 7.48. The molecule has 0 spiro atoms. The number of hydrogen-bond donors (Lipinski definition) is 0. The molecule has 0 aliphatic rings. The van der Waals surface area contributed by atoms with Gasteiger partial charge in [-0.15, -0.1) is 0 Å². The van der Waals surface area contributed by atoms with Gasteiger partial charge in [-0.2, -0.15) is 0 Å². The van der Waals surface area contributed by atoms with Gasteiger partial charge in [0.2, 0.25) is 0 Å². The Morgan fingerprint density at radius 3 is 2.33 bits per heavy atom. The summed E-state index contributed by atoms with van der Waals surface area (Å²) in [6, 6.07) is 5.22. The normalized spacial score (nSPS) is 10.9. The van der Waals surface area contributed by atoms with Gasteiger partial charge in [0.25, 0.3) is 0 Å². The third-order valence-corrected chi connectivity index (χ3v) is 4.33. The topological polar surface area (TPSA) is 83.3 Å². The molecule has 2 rings (SSSR count). The van der Waals surface area contributed by atoms with E-state index in [-0.39, 0.29) is 31.1 Å². The fraction of sp³-hybridized carbons (Fsp3) is 0.316. The van der Waals surface area contributed by atoms with Crippen molar-refractivity contribution in [1.82, 2.24) is 4.40 Å². The molecule has 144 valence electrons. The molecule has 0 aliphatic heterocycles. The standard InChI is InChI=1S/C19H21NO6S/c1-4-24-14(21)10-12-27-17-15(18(22)25-5-2)13-9-7-8-11-20(13)16(17)19(23)26-6-3/h7-12H,4-6H2,1-3H3/b12-10+. The number of ether oxygens (including phenoxy) is 3. The van der Waals surface area contributed by atoms with Crippen LogP contribution in [0.4, 0.5) is 0 Å². The molecule has 0 aromatic carbocycles. The highest BCUT2D eigenvalue weighted by Crippen LogP contribution is 2.34. The highest BCUT2D eigenvalue weighted by atomic mass is 32.2. The van der Waals surface area contributed by atoms with Gasteiger partial charge in [-0.3, -0.25) is 0 Å². The Labute approximate surface area is 161 Å². The van der Waals surface area contributed by atoms with Crippen LogP contribution in [0.5, 0.6) is 0 Å². The molecule has 2 heterocycles. The number of thioether (sulfide) groups is 1. The van der Waals surface area contributed by atoms with Crippen LogP contribution >= 0.6 is 11.8 Å². The first-order valence-electron chi connectivity index (χ1n) is 8.52. The van der Waals surface area contributed by atoms with Crippen LogP contribution in [-0.4, -0.2) is 42.1 Å². The highest BCUT2D eigenvalue weighted by Gasteiger charge is 2.28. The minimum Gasteiger partial charge on any atom is -0.463 e. The van der Waals surface area contributed by atoms with E-state index in [9.17, 15) is 14.4 Å². The first kappa shape index (κ1) is 20.6. The van der Waals surface area contributed by atoms with E-state index in [4.69, 9.17) is 14.2 Å². The van der Waals surface area contributed by atoms with Gasteiger partial charge in [0.05, 0.1) is 35.8 Å². The first-order chi connectivity index (χ1) is 13.0. The van der Waals surface area contributed by atoms with Crippen molar-refractivity contribution in [2.45, 2.75) is 25.7 Å². The number of nitrogens with zero attached hydrogens (tertiary/aromatic N) is 1. The van der Waals surface area contributed by atoms with Gasteiger partial charge in [-0.25, -0.2) is 14.4 Å².